The van der Waals surface area contributed by atoms with Gasteiger partial charge in [0.15, 0.2) is 0 Å². The highest BCUT2D eigenvalue weighted by atomic mass is 35.5. The van der Waals surface area contributed by atoms with Gasteiger partial charge < -0.3 is 14.3 Å². The first-order chi connectivity index (χ1) is 16.5. The Morgan fingerprint density at radius 2 is 1.88 bits per heavy atom. The third kappa shape index (κ3) is 4.45. The first-order valence-corrected chi connectivity index (χ1v) is 11.7. The molecule has 0 bridgehead atoms. The molecule has 1 amide bonds. The Morgan fingerprint density at radius 3 is 2.56 bits per heavy atom. The van der Waals surface area contributed by atoms with Crippen LogP contribution in [0.3, 0.4) is 0 Å². The summed E-state index contributed by atoms with van der Waals surface area (Å²) in [5.74, 6) is 1.99. The Balaban J connectivity index is 1.23. The van der Waals surface area contributed by atoms with Crippen LogP contribution in [0, 0.1) is 10.1 Å². The van der Waals surface area contributed by atoms with E-state index in [1.165, 1.54) is 31.0 Å². The van der Waals surface area contributed by atoms with E-state index in [0.29, 0.717) is 43.8 Å². The monoisotopic (exact) mass is 482 g/mol. The number of piperazine rings is 1. The van der Waals surface area contributed by atoms with Crippen molar-refractivity contribution in [1.29, 1.82) is 0 Å². The number of amides is 1. The summed E-state index contributed by atoms with van der Waals surface area (Å²) in [7, 11) is 0. The number of pyridine rings is 1. The van der Waals surface area contributed by atoms with Gasteiger partial charge in [-0.1, -0.05) is 29.6 Å². The fraction of sp³-hybridized carbons (Fsp3) is 0.391. The molecule has 11 heteroatoms. The van der Waals surface area contributed by atoms with E-state index in [0.717, 1.165) is 24.2 Å². The van der Waals surface area contributed by atoms with Crippen molar-refractivity contribution in [1.82, 2.24) is 20.0 Å². The third-order valence-corrected chi connectivity index (χ3v) is 6.66. The van der Waals surface area contributed by atoms with E-state index >= 15 is 0 Å². The van der Waals surface area contributed by atoms with Crippen LogP contribution in [0.2, 0.25) is 5.02 Å². The SMILES string of the molecule is O=C(c1cc(Cl)ccc1[N+](=O)[O-])N1CCN(c2ccc(-c3noc(C4CCCC4)n3)cn2)CC1. The van der Waals surface area contributed by atoms with E-state index in [9.17, 15) is 14.9 Å². The Labute approximate surface area is 200 Å². The molecule has 176 valence electrons. The molecule has 1 aliphatic heterocycles. The summed E-state index contributed by atoms with van der Waals surface area (Å²) in [4.78, 5) is 36.5. The van der Waals surface area contributed by atoms with Gasteiger partial charge >= 0.3 is 0 Å². The summed E-state index contributed by atoms with van der Waals surface area (Å²) in [6.45, 7) is 1.95. The molecule has 1 aliphatic carbocycles. The Hall–Kier alpha value is -3.53. The number of nitro benzene ring substituents is 1. The number of hydrogen-bond donors (Lipinski definition) is 0. The predicted molar refractivity (Wildman–Crippen MR) is 125 cm³/mol. The summed E-state index contributed by atoms with van der Waals surface area (Å²) in [5.41, 5.74) is 0.552. The molecule has 0 atom stereocenters. The van der Waals surface area contributed by atoms with Gasteiger partial charge in [0.2, 0.25) is 11.7 Å². The van der Waals surface area contributed by atoms with Crippen molar-refractivity contribution in [3.05, 3.63) is 63.1 Å². The van der Waals surface area contributed by atoms with E-state index in [2.05, 4.69) is 20.0 Å². The molecule has 0 unspecified atom stereocenters. The summed E-state index contributed by atoms with van der Waals surface area (Å²) in [6.07, 6.45) is 6.32. The molecule has 2 aliphatic rings. The number of carbonyl (C=O) groups excluding carboxylic acids is 1. The van der Waals surface area contributed by atoms with E-state index < -0.39 is 10.8 Å². The highest BCUT2D eigenvalue weighted by Crippen LogP contribution is 2.34. The number of benzene rings is 1. The van der Waals surface area contributed by atoms with Crippen LogP contribution in [-0.2, 0) is 0 Å². The van der Waals surface area contributed by atoms with Crippen LogP contribution < -0.4 is 4.90 Å². The molecule has 0 radical (unpaired) electrons. The summed E-state index contributed by atoms with van der Waals surface area (Å²) >= 11 is 5.97. The highest BCUT2D eigenvalue weighted by Gasteiger charge is 2.28. The van der Waals surface area contributed by atoms with Crippen molar-refractivity contribution >= 4 is 29.0 Å². The van der Waals surface area contributed by atoms with Gasteiger partial charge in [0.05, 0.1) is 4.92 Å². The Kier molecular flexibility index (Phi) is 6.14. The molecule has 10 nitrogen and oxygen atoms in total. The standard InChI is InChI=1S/C23H23ClN6O4/c24-17-6-7-19(30(32)33)18(13-17)23(31)29-11-9-28(10-12-29)20-8-5-16(14-25-20)21-26-22(34-27-21)15-3-1-2-4-15/h5-8,13-15H,1-4,9-12H2. The summed E-state index contributed by atoms with van der Waals surface area (Å²) in [5, 5.41) is 15.7. The molecule has 0 N–H and O–H groups in total. The maximum Gasteiger partial charge on any atom is 0.282 e. The van der Waals surface area contributed by atoms with Crippen molar-refractivity contribution < 1.29 is 14.2 Å². The van der Waals surface area contributed by atoms with E-state index in [-0.39, 0.29) is 16.3 Å². The molecule has 2 aromatic heterocycles. The molecule has 34 heavy (non-hydrogen) atoms. The average molecular weight is 483 g/mol. The van der Waals surface area contributed by atoms with Crippen molar-refractivity contribution in [2.45, 2.75) is 31.6 Å². The largest absolute Gasteiger partial charge is 0.353 e. The van der Waals surface area contributed by atoms with Gasteiger partial charge in [-0.3, -0.25) is 14.9 Å². The van der Waals surface area contributed by atoms with Crippen LogP contribution in [0.15, 0.2) is 41.1 Å². The summed E-state index contributed by atoms with van der Waals surface area (Å²) < 4.78 is 5.46. The van der Waals surface area contributed by atoms with Gasteiger partial charge in [0.25, 0.3) is 11.6 Å². The Bertz CT molecular complexity index is 1200. The first-order valence-electron chi connectivity index (χ1n) is 11.3. The predicted octanol–water partition coefficient (Wildman–Crippen LogP) is 4.31. The minimum absolute atomic E-state index is 0.00510. The number of anilines is 1. The number of carbonyl (C=O) groups is 1. The quantitative estimate of drug-likeness (QED) is 0.389. The molecule has 5 rings (SSSR count). The van der Waals surface area contributed by atoms with Gasteiger partial charge in [-0.05, 0) is 37.1 Å². The van der Waals surface area contributed by atoms with Gasteiger partial charge in [-0.15, -0.1) is 0 Å². The topological polar surface area (TPSA) is 118 Å². The molecule has 3 heterocycles. The highest BCUT2D eigenvalue weighted by molar-refractivity contribution is 6.31. The molecular formula is C23H23ClN6O4. The van der Waals surface area contributed by atoms with Crippen molar-refractivity contribution in [3.8, 4) is 11.4 Å². The molecule has 1 saturated heterocycles. The second-order valence-electron chi connectivity index (χ2n) is 8.54. The first kappa shape index (κ1) is 22.3. The van der Waals surface area contributed by atoms with Gasteiger partial charge in [0, 0.05) is 54.9 Å². The fourth-order valence-electron chi connectivity index (χ4n) is 4.54. The van der Waals surface area contributed by atoms with Crippen LogP contribution in [0.25, 0.3) is 11.4 Å². The van der Waals surface area contributed by atoms with Crippen LogP contribution in [0.5, 0.6) is 0 Å². The number of hydrogen-bond acceptors (Lipinski definition) is 8. The van der Waals surface area contributed by atoms with Gasteiger partial charge in [0.1, 0.15) is 11.4 Å². The second-order valence-corrected chi connectivity index (χ2v) is 8.98. The third-order valence-electron chi connectivity index (χ3n) is 6.43. The molecule has 1 aromatic carbocycles. The van der Waals surface area contributed by atoms with Crippen molar-refractivity contribution in [2.75, 3.05) is 31.1 Å². The van der Waals surface area contributed by atoms with Crippen molar-refractivity contribution in [2.24, 2.45) is 0 Å². The minimum Gasteiger partial charge on any atom is -0.353 e. The lowest BCUT2D eigenvalue weighted by atomic mass is 10.1. The lowest BCUT2D eigenvalue weighted by molar-refractivity contribution is -0.385. The molecule has 3 aromatic rings. The van der Waals surface area contributed by atoms with E-state index in [1.807, 2.05) is 12.1 Å². The smallest absolute Gasteiger partial charge is 0.282 e. The van der Waals surface area contributed by atoms with Gasteiger partial charge in [-0.2, -0.15) is 4.98 Å². The lowest BCUT2D eigenvalue weighted by Gasteiger charge is -2.35. The minimum atomic E-state index is -0.564. The van der Waals surface area contributed by atoms with Gasteiger partial charge in [-0.25, -0.2) is 4.98 Å². The number of rotatable bonds is 5. The van der Waals surface area contributed by atoms with Crippen LogP contribution >= 0.6 is 11.6 Å². The molecule has 1 saturated carbocycles. The van der Waals surface area contributed by atoms with Crippen molar-refractivity contribution in [3.63, 3.8) is 0 Å². The second kappa shape index (κ2) is 9.38. The number of nitrogens with zero attached hydrogens (tertiary/aromatic N) is 6. The van der Waals surface area contributed by atoms with E-state index in [1.54, 1.807) is 11.1 Å². The van der Waals surface area contributed by atoms with Crippen LogP contribution in [0.4, 0.5) is 11.5 Å². The zero-order valence-electron chi connectivity index (χ0n) is 18.4. The average Bonchev–Trinajstić information content (AvgIpc) is 3.56. The number of nitro groups is 1. The maximum atomic E-state index is 12.9. The van der Waals surface area contributed by atoms with Crippen LogP contribution in [-0.4, -0.2) is 57.0 Å². The lowest BCUT2D eigenvalue weighted by Crippen LogP contribution is -2.49. The normalized spacial score (nSPS) is 16.7. The maximum absolute atomic E-state index is 12.9. The number of halogens is 1. The van der Waals surface area contributed by atoms with Crippen LogP contribution in [0.1, 0.15) is 47.8 Å². The molecular weight excluding hydrogens is 460 g/mol. The van der Waals surface area contributed by atoms with E-state index in [4.69, 9.17) is 16.1 Å². The fourth-order valence-corrected chi connectivity index (χ4v) is 4.72. The molecule has 0 spiro atoms. The Morgan fingerprint density at radius 1 is 1.12 bits per heavy atom. The zero-order valence-corrected chi connectivity index (χ0v) is 19.1. The molecule has 2 fully saturated rings. The zero-order chi connectivity index (χ0) is 23.7. The number of aromatic nitrogens is 3. The summed E-state index contributed by atoms with van der Waals surface area (Å²) in [6, 6.07) is 7.84.